The molecular weight excluding hydrogens is 434 g/mol. The fraction of sp³-hybridized carbons (Fsp3) is 0.259. The first kappa shape index (κ1) is 20.5. The third kappa shape index (κ3) is 3.62. The molecule has 0 unspecified atom stereocenters. The van der Waals surface area contributed by atoms with E-state index >= 15 is 0 Å². The van der Waals surface area contributed by atoms with Crippen molar-refractivity contribution in [3.63, 3.8) is 0 Å². The molecule has 6 heteroatoms. The Hall–Kier alpha value is -3.15. The molecule has 0 saturated carbocycles. The number of anilines is 1. The average molecular weight is 458 g/mol. The average Bonchev–Trinajstić information content (AvgIpc) is 3.06. The first-order chi connectivity index (χ1) is 16.1. The van der Waals surface area contributed by atoms with E-state index in [1.807, 2.05) is 70.1 Å². The maximum absolute atomic E-state index is 13.6. The van der Waals surface area contributed by atoms with Gasteiger partial charge in [-0.2, -0.15) is 0 Å². The maximum Gasteiger partial charge on any atom is 0.260 e. The molecule has 5 nitrogen and oxygen atoms in total. The predicted octanol–water partition coefficient (Wildman–Crippen LogP) is 4.47. The number of pyridine rings is 1. The van der Waals surface area contributed by atoms with Gasteiger partial charge in [-0.15, -0.1) is 0 Å². The van der Waals surface area contributed by atoms with E-state index in [1.165, 1.54) is 0 Å². The number of benzene rings is 2. The summed E-state index contributed by atoms with van der Waals surface area (Å²) < 4.78 is 1.94. The Morgan fingerprint density at radius 2 is 1.79 bits per heavy atom. The molecule has 1 saturated heterocycles. The third-order valence-electron chi connectivity index (χ3n) is 7.02. The molecule has 0 aliphatic carbocycles. The Morgan fingerprint density at radius 3 is 2.64 bits per heavy atom. The summed E-state index contributed by atoms with van der Waals surface area (Å²) in [6.45, 7) is 2.96. The van der Waals surface area contributed by atoms with Crippen LogP contribution in [0.2, 0.25) is 5.02 Å². The van der Waals surface area contributed by atoms with Crippen molar-refractivity contribution in [2.45, 2.75) is 18.9 Å². The van der Waals surface area contributed by atoms with Crippen LogP contribution >= 0.6 is 11.6 Å². The SMILES string of the molecule is O=C1/C(=C\c2ccccc2)c2ccc(Cl)cc2N1CN1C[C@@H]2C[C@H](C1)c1cccc(=O)n1C2. The van der Waals surface area contributed by atoms with Gasteiger partial charge < -0.3 is 4.57 Å². The number of carbonyl (C=O) groups excluding carboxylic acids is 1. The second-order valence-electron chi connectivity index (χ2n) is 9.24. The molecule has 1 fully saturated rings. The van der Waals surface area contributed by atoms with Gasteiger partial charge in [-0.1, -0.05) is 54.1 Å². The molecule has 33 heavy (non-hydrogen) atoms. The van der Waals surface area contributed by atoms with E-state index in [4.69, 9.17) is 11.6 Å². The van der Waals surface area contributed by atoms with Gasteiger partial charge in [-0.25, -0.2) is 0 Å². The smallest absolute Gasteiger partial charge is 0.260 e. The monoisotopic (exact) mass is 457 g/mol. The Labute approximate surface area is 197 Å². The van der Waals surface area contributed by atoms with Crippen LogP contribution in [0.25, 0.3) is 11.6 Å². The molecule has 0 N–H and O–H groups in total. The van der Waals surface area contributed by atoms with E-state index in [-0.39, 0.29) is 11.5 Å². The van der Waals surface area contributed by atoms with Gasteiger partial charge in [0.1, 0.15) is 0 Å². The van der Waals surface area contributed by atoms with Gasteiger partial charge in [0.2, 0.25) is 0 Å². The fourth-order valence-electron chi connectivity index (χ4n) is 5.63. The maximum atomic E-state index is 13.6. The number of nitrogens with zero attached hydrogens (tertiary/aromatic N) is 3. The largest absolute Gasteiger partial charge is 0.312 e. The van der Waals surface area contributed by atoms with Crippen molar-refractivity contribution in [1.82, 2.24) is 9.47 Å². The van der Waals surface area contributed by atoms with Crippen molar-refractivity contribution in [3.8, 4) is 0 Å². The normalized spacial score (nSPS) is 23.0. The number of hydrogen-bond acceptors (Lipinski definition) is 3. The zero-order chi connectivity index (χ0) is 22.5. The van der Waals surface area contributed by atoms with Crippen LogP contribution in [0.5, 0.6) is 0 Å². The van der Waals surface area contributed by atoms with Gasteiger partial charge >= 0.3 is 0 Å². The number of aromatic nitrogens is 1. The van der Waals surface area contributed by atoms with Crippen molar-refractivity contribution in [2.75, 3.05) is 24.7 Å². The molecule has 0 radical (unpaired) electrons. The zero-order valence-electron chi connectivity index (χ0n) is 18.2. The molecular formula is C27H24ClN3O2. The van der Waals surface area contributed by atoms with Crippen molar-refractivity contribution in [3.05, 3.63) is 98.9 Å². The summed E-state index contributed by atoms with van der Waals surface area (Å²) in [5.74, 6) is 0.720. The standard InChI is InChI=1S/C27H24ClN3O2/c28-21-9-10-22-23(12-18-5-2-1-3-6-18)27(33)31(25(22)13-21)17-29-14-19-11-20(16-29)24-7-4-8-26(32)30(24)15-19/h1-10,12-13,19-20H,11,14-17H2/b23-12-/t19-,20+/m0/s1. The van der Waals surface area contributed by atoms with Crippen molar-refractivity contribution < 1.29 is 4.79 Å². The highest BCUT2D eigenvalue weighted by Gasteiger charge is 2.38. The number of rotatable bonds is 3. The molecule has 2 aromatic carbocycles. The van der Waals surface area contributed by atoms with Crippen LogP contribution in [0.1, 0.15) is 29.2 Å². The molecule has 4 heterocycles. The van der Waals surface area contributed by atoms with Crippen LogP contribution in [0, 0.1) is 5.92 Å². The van der Waals surface area contributed by atoms with Crippen LogP contribution in [-0.2, 0) is 11.3 Å². The van der Waals surface area contributed by atoms with Crippen LogP contribution in [-0.4, -0.2) is 35.1 Å². The lowest BCUT2D eigenvalue weighted by Crippen LogP contribution is -2.50. The lowest BCUT2D eigenvalue weighted by Gasteiger charge is -2.43. The first-order valence-electron chi connectivity index (χ1n) is 11.4. The topological polar surface area (TPSA) is 45.6 Å². The second kappa shape index (κ2) is 8.01. The zero-order valence-corrected chi connectivity index (χ0v) is 18.9. The number of likely N-dealkylation sites (tertiary alicyclic amines) is 1. The minimum absolute atomic E-state index is 0.00322. The summed E-state index contributed by atoms with van der Waals surface area (Å²) in [5.41, 5.74) is 4.68. The molecule has 2 atom stereocenters. The molecule has 3 aromatic rings. The van der Waals surface area contributed by atoms with Crippen LogP contribution < -0.4 is 10.5 Å². The highest BCUT2D eigenvalue weighted by Crippen LogP contribution is 2.41. The summed E-state index contributed by atoms with van der Waals surface area (Å²) >= 11 is 6.33. The summed E-state index contributed by atoms with van der Waals surface area (Å²) in [6, 6.07) is 21.2. The van der Waals surface area contributed by atoms with Crippen molar-refractivity contribution in [2.24, 2.45) is 5.92 Å². The molecule has 166 valence electrons. The van der Waals surface area contributed by atoms with Gasteiger partial charge in [0.15, 0.2) is 0 Å². The van der Waals surface area contributed by atoms with Crippen LogP contribution in [0.4, 0.5) is 5.69 Å². The molecule has 3 aliphatic heterocycles. The summed E-state index contributed by atoms with van der Waals surface area (Å²) in [5, 5.41) is 0.622. The van der Waals surface area contributed by atoms with Crippen LogP contribution in [0.15, 0.2) is 71.5 Å². The van der Waals surface area contributed by atoms with Crippen molar-refractivity contribution in [1.29, 1.82) is 0 Å². The van der Waals surface area contributed by atoms with Gasteiger partial charge in [-0.3, -0.25) is 19.4 Å². The lowest BCUT2D eigenvalue weighted by molar-refractivity contribution is -0.113. The van der Waals surface area contributed by atoms with E-state index in [1.54, 1.807) is 6.07 Å². The van der Waals surface area contributed by atoms with E-state index in [2.05, 4.69) is 11.0 Å². The molecule has 0 spiro atoms. The number of piperidine rings is 1. The minimum Gasteiger partial charge on any atom is -0.312 e. The molecule has 1 amide bonds. The Kier molecular flexibility index (Phi) is 4.97. The number of amides is 1. The van der Waals surface area contributed by atoms with Crippen molar-refractivity contribution >= 4 is 34.8 Å². The predicted molar refractivity (Wildman–Crippen MR) is 131 cm³/mol. The molecule has 2 bridgehead atoms. The number of hydrogen-bond donors (Lipinski definition) is 0. The quantitative estimate of drug-likeness (QED) is 0.545. The Bertz CT molecular complexity index is 1330. The van der Waals surface area contributed by atoms with Crippen LogP contribution in [0.3, 0.4) is 0 Å². The second-order valence-corrected chi connectivity index (χ2v) is 9.68. The molecule has 6 rings (SSSR count). The highest BCUT2D eigenvalue weighted by atomic mass is 35.5. The summed E-state index contributed by atoms with van der Waals surface area (Å²) in [7, 11) is 0. The van der Waals surface area contributed by atoms with E-state index in [9.17, 15) is 9.59 Å². The van der Waals surface area contributed by atoms with Gasteiger partial charge in [0, 0.05) is 53.5 Å². The number of carbonyl (C=O) groups is 1. The van der Waals surface area contributed by atoms with E-state index < -0.39 is 0 Å². The van der Waals surface area contributed by atoms with E-state index in [0.29, 0.717) is 29.1 Å². The van der Waals surface area contributed by atoms with E-state index in [0.717, 1.165) is 48.6 Å². The molecule has 3 aliphatic rings. The van der Waals surface area contributed by atoms with Gasteiger partial charge in [-0.05, 0) is 42.2 Å². The lowest BCUT2D eigenvalue weighted by atomic mass is 9.83. The number of halogens is 1. The van der Waals surface area contributed by atoms with Gasteiger partial charge in [0.05, 0.1) is 12.4 Å². The third-order valence-corrected chi connectivity index (χ3v) is 7.26. The first-order valence-corrected chi connectivity index (χ1v) is 11.8. The Morgan fingerprint density at radius 1 is 0.939 bits per heavy atom. The minimum atomic E-state index is 0.00322. The van der Waals surface area contributed by atoms with Gasteiger partial charge in [0.25, 0.3) is 11.5 Å². The summed E-state index contributed by atoms with van der Waals surface area (Å²) in [6.07, 6.45) is 3.05. The Balaban J connectivity index is 1.31. The number of fused-ring (bicyclic) bond motifs is 5. The highest BCUT2D eigenvalue weighted by molar-refractivity contribution is 6.37. The molecule has 1 aromatic heterocycles. The summed E-state index contributed by atoms with van der Waals surface area (Å²) in [4.78, 5) is 30.1. The fourth-order valence-corrected chi connectivity index (χ4v) is 5.80.